The van der Waals surface area contributed by atoms with Crippen LogP contribution in [0.1, 0.15) is 22.3 Å². The van der Waals surface area contributed by atoms with Crippen LogP contribution < -0.4 is 19.7 Å². The third kappa shape index (κ3) is 4.16. The highest BCUT2D eigenvalue weighted by molar-refractivity contribution is 6.04. The van der Waals surface area contributed by atoms with Gasteiger partial charge in [-0.15, -0.1) is 0 Å². The molecule has 1 atom stereocenters. The van der Waals surface area contributed by atoms with E-state index in [-0.39, 0.29) is 36.1 Å². The van der Waals surface area contributed by atoms with E-state index in [1.54, 1.807) is 11.0 Å². The fourth-order valence-electron chi connectivity index (χ4n) is 3.29. The zero-order chi connectivity index (χ0) is 21.1. The van der Waals surface area contributed by atoms with E-state index in [9.17, 15) is 14.4 Å². The molecule has 2 amide bonds. The van der Waals surface area contributed by atoms with Gasteiger partial charge in [-0.25, -0.2) is 4.79 Å². The van der Waals surface area contributed by atoms with Gasteiger partial charge in [-0.3, -0.25) is 9.59 Å². The number of nitrogens with zero attached hydrogens (tertiary/aromatic N) is 1. The number of hydrogen-bond donors (Lipinski definition) is 2. The largest absolute Gasteiger partial charge is 0.495 e. The molecule has 0 bridgehead atoms. The first-order valence-corrected chi connectivity index (χ1v) is 9.01. The van der Waals surface area contributed by atoms with Gasteiger partial charge in [-0.1, -0.05) is 6.07 Å². The predicted octanol–water partition coefficient (Wildman–Crippen LogP) is 2.70. The lowest BCUT2D eigenvalue weighted by molar-refractivity contribution is -0.122. The summed E-state index contributed by atoms with van der Waals surface area (Å²) >= 11 is 0. The van der Waals surface area contributed by atoms with Crippen molar-refractivity contribution in [1.29, 1.82) is 0 Å². The van der Waals surface area contributed by atoms with Crippen LogP contribution in [0.3, 0.4) is 0 Å². The van der Waals surface area contributed by atoms with Crippen LogP contribution in [0.4, 0.5) is 11.4 Å². The monoisotopic (exact) mass is 398 g/mol. The third-order valence-electron chi connectivity index (χ3n) is 4.83. The van der Waals surface area contributed by atoms with E-state index >= 15 is 0 Å². The Morgan fingerprint density at radius 1 is 1.10 bits per heavy atom. The molecular weight excluding hydrogens is 376 g/mol. The van der Waals surface area contributed by atoms with Crippen LogP contribution in [-0.4, -0.2) is 43.7 Å². The summed E-state index contributed by atoms with van der Waals surface area (Å²) in [7, 11) is 2.92. The van der Waals surface area contributed by atoms with Crippen LogP contribution >= 0.6 is 0 Å². The van der Waals surface area contributed by atoms with Crippen molar-refractivity contribution in [3.05, 3.63) is 47.5 Å². The number of aromatic carboxylic acids is 1. The maximum Gasteiger partial charge on any atom is 0.335 e. The van der Waals surface area contributed by atoms with Gasteiger partial charge in [0, 0.05) is 13.0 Å². The molecule has 0 radical (unpaired) electrons. The number of rotatable bonds is 6. The summed E-state index contributed by atoms with van der Waals surface area (Å²) < 4.78 is 10.5. The Bertz CT molecular complexity index is 972. The van der Waals surface area contributed by atoms with Crippen molar-refractivity contribution in [2.45, 2.75) is 13.3 Å². The molecule has 0 saturated carbocycles. The van der Waals surface area contributed by atoms with Crippen molar-refractivity contribution >= 4 is 29.2 Å². The molecule has 8 nitrogen and oxygen atoms in total. The maximum absolute atomic E-state index is 12.8. The van der Waals surface area contributed by atoms with Crippen molar-refractivity contribution in [3.63, 3.8) is 0 Å². The zero-order valence-corrected chi connectivity index (χ0v) is 16.4. The highest BCUT2D eigenvalue weighted by Gasteiger charge is 2.36. The number of nitrogens with one attached hydrogen (secondary N) is 1. The SMILES string of the molecule is COc1cc(C(=O)O)ccc1NC(=O)C1CC(=O)N(c2cc(C)ccc2OC)C1. The molecule has 2 aromatic carbocycles. The van der Waals surface area contributed by atoms with Crippen LogP contribution in [0.5, 0.6) is 11.5 Å². The predicted molar refractivity (Wildman–Crippen MR) is 107 cm³/mol. The molecule has 8 heteroatoms. The van der Waals surface area contributed by atoms with Gasteiger partial charge < -0.3 is 24.8 Å². The highest BCUT2D eigenvalue weighted by Crippen LogP contribution is 2.34. The van der Waals surface area contributed by atoms with E-state index < -0.39 is 11.9 Å². The van der Waals surface area contributed by atoms with Crippen molar-refractivity contribution in [1.82, 2.24) is 0 Å². The minimum Gasteiger partial charge on any atom is -0.495 e. The molecule has 2 N–H and O–H groups in total. The first-order valence-electron chi connectivity index (χ1n) is 9.01. The van der Waals surface area contributed by atoms with Gasteiger partial charge >= 0.3 is 5.97 Å². The lowest BCUT2D eigenvalue weighted by Gasteiger charge is -2.20. The number of carboxylic acid groups (broad SMARTS) is 1. The van der Waals surface area contributed by atoms with E-state index in [0.717, 1.165) is 5.56 Å². The van der Waals surface area contributed by atoms with Crippen molar-refractivity contribution < 1.29 is 29.0 Å². The molecule has 0 spiro atoms. The zero-order valence-electron chi connectivity index (χ0n) is 16.4. The Balaban J connectivity index is 1.78. The van der Waals surface area contributed by atoms with Crippen molar-refractivity contribution in [2.75, 3.05) is 31.0 Å². The van der Waals surface area contributed by atoms with Crippen LogP contribution in [0.2, 0.25) is 0 Å². The summed E-state index contributed by atoms with van der Waals surface area (Å²) in [6, 6.07) is 9.72. The fourth-order valence-corrected chi connectivity index (χ4v) is 3.29. The molecule has 1 aliphatic rings. The van der Waals surface area contributed by atoms with Gasteiger partial charge in [-0.2, -0.15) is 0 Å². The Kier molecular flexibility index (Phi) is 5.72. The molecule has 1 heterocycles. The minimum absolute atomic E-state index is 0.0496. The number of carbonyl (C=O) groups excluding carboxylic acids is 2. The van der Waals surface area contributed by atoms with Gasteiger partial charge in [-0.05, 0) is 42.8 Å². The van der Waals surface area contributed by atoms with Crippen LogP contribution in [0.15, 0.2) is 36.4 Å². The smallest absolute Gasteiger partial charge is 0.335 e. The molecule has 1 unspecified atom stereocenters. The van der Waals surface area contributed by atoms with Gasteiger partial charge in [0.05, 0.1) is 37.1 Å². The van der Waals surface area contributed by atoms with E-state index in [4.69, 9.17) is 14.6 Å². The second-order valence-electron chi connectivity index (χ2n) is 6.79. The van der Waals surface area contributed by atoms with Gasteiger partial charge in [0.2, 0.25) is 11.8 Å². The number of hydrogen-bond acceptors (Lipinski definition) is 5. The number of amides is 2. The standard InChI is InChI=1S/C21H22N2O6/c1-12-4-7-17(28-2)16(8-12)23-11-14(10-19(23)24)20(25)22-15-6-5-13(21(26)27)9-18(15)29-3/h4-9,14H,10-11H2,1-3H3,(H,22,25)(H,26,27). The lowest BCUT2D eigenvalue weighted by atomic mass is 10.1. The molecule has 0 aliphatic carbocycles. The Morgan fingerprint density at radius 2 is 1.83 bits per heavy atom. The van der Waals surface area contributed by atoms with Crippen LogP contribution in [-0.2, 0) is 9.59 Å². The Morgan fingerprint density at radius 3 is 2.48 bits per heavy atom. The molecule has 29 heavy (non-hydrogen) atoms. The molecule has 1 fully saturated rings. The molecular formula is C21H22N2O6. The molecule has 152 valence electrons. The number of ether oxygens (including phenoxy) is 2. The summed E-state index contributed by atoms with van der Waals surface area (Å²) in [5.41, 5.74) is 2.01. The van der Waals surface area contributed by atoms with E-state index in [1.165, 1.54) is 32.4 Å². The number of anilines is 2. The summed E-state index contributed by atoms with van der Waals surface area (Å²) in [4.78, 5) is 38.0. The number of methoxy groups -OCH3 is 2. The van der Waals surface area contributed by atoms with E-state index in [2.05, 4.69) is 5.32 Å². The number of benzene rings is 2. The van der Waals surface area contributed by atoms with Gasteiger partial charge in [0.1, 0.15) is 11.5 Å². The molecule has 1 saturated heterocycles. The Hall–Kier alpha value is -3.55. The second-order valence-corrected chi connectivity index (χ2v) is 6.79. The average molecular weight is 398 g/mol. The average Bonchev–Trinajstić information content (AvgIpc) is 3.09. The van der Waals surface area contributed by atoms with Gasteiger partial charge in [0.15, 0.2) is 0 Å². The van der Waals surface area contributed by atoms with Crippen LogP contribution in [0.25, 0.3) is 0 Å². The van der Waals surface area contributed by atoms with E-state index in [1.807, 2.05) is 19.1 Å². The van der Waals surface area contributed by atoms with Gasteiger partial charge in [0.25, 0.3) is 0 Å². The number of carboxylic acids is 1. The first-order chi connectivity index (χ1) is 13.8. The number of carbonyl (C=O) groups is 3. The fraction of sp³-hybridized carbons (Fsp3) is 0.286. The second kappa shape index (κ2) is 8.22. The summed E-state index contributed by atoms with van der Waals surface area (Å²) in [5.74, 6) is -1.35. The molecule has 0 aromatic heterocycles. The summed E-state index contributed by atoms with van der Waals surface area (Å²) in [5, 5.41) is 11.8. The Labute approximate surface area is 168 Å². The van der Waals surface area contributed by atoms with Crippen molar-refractivity contribution in [3.8, 4) is 11.5 Å². The van der Waals surface area contributed by atoms with Crippen molar-refractivity contribution in [2.24, 2.45) is 5.92 Å². The molecule has 2 aromatic rings. The van der Waals surface area contributed by atoms with Crippen LogP contribution in [0, 0.1) is 12.8 Å². The lowest BCUT2D eigenvalue weighted by Crippen LogP contribution is -2.28. The summed E-state index contributed by atoms with van der Waals surface area (Å²) in [6.07, 6.45) is 0.0679. The molecule has 3 rings (SSSR count). The highest BCUT2D eigenvalue weighted by atomic mass is 16.5. The maximum atomic E-state index is 12.8. The quantitative estimate of drug-likeness (QED) is 0.775. The number of aryl methyl sites for hydroxylation is 1. The summed E-state index contributed by atoms with van der Waals surface area (Å²) in [6.45, 7) is 2.14. The minimum atomic E-state index is -1.09. The third-order valence-corrected chi connectivity index (χ3v) is 4.83. The normalized spacial score (nSPS) is 15.9. The first kappa shape index (κ1) is 20.2. The topological polar surface area (TPSA) is 105 Å². The molecule has 1 aliphatic heterocycles. The van der Waals surface area contributed by atoms with E-state index in [0.29, 0.717) is 17.1 Å².